The number of nitrogens with one attached hydrogen (secondary N) is 2. The third kappa shape index (κ3) is 5.03. The second-order valence-electron chi connectivity index (χ2n) is 5.91. The summed E-state index contributed by atoms with van der Waals surface area (Å²) in [6, 6.07) is 18.1. The fourth-order valence-electron chi connectivity index (χ4n) is 2.53. The molecule has 1 amide bonds. The van der Waals surface area contributed by atoms with E-state index in [9.17, 15) is 13.2 Å². The van der Waals surface area contributed by atoms with Crippen molar-refractivity contribution in [3.63, 3.8) is 0 Å². The first kappa shape index (κ1) is 20.2. The maximum atomic E-state index is 12.5. The van der Waals surface area contributed by atoms with E-state index in [1.54, 1.807) is 30.0 Å². The largest absolute Gasteiger partial charge is 0.459 e. The maximum absolute atomic E-state index is 12.5. The Hall–Kier alpha value is -2.55. The number of benzene rings is 2. The van der Waals surface area contributed by atoms with Crippen molar-refractivity contribution in [2.75, 3.05) is 7.05 Å². The van der Waals surface area contributed by atoms with Crippen molar-refractivity contribution in [2.45, 2.75) is 22.1 Å². The highest BCUT2D eigenvalue weighted by Crippen LogP contribution is 2.25. The minimum Gasteiger partial charge on any atom is -0.459 e. The smallest absolute Gasteiger partial charge is 0.287 e. The van der Waals surface area contributed by atoms with Crippen LogP contribution in [0.15, 0.2) is 81.1 Å². The van der Waals surface area contributed by atoms with Gasteiger partial charge in [-0.1, -0.05) is 30.3 Å². The van der Waals surface area contributed by atoms with Gasteiger partial charge in [-0.3, -0.25) is 4.79 Å². The predicted octanol–water partition coefficient (Wildman–Crippen LogP) is 3.41. The Morgan fingerprint density at radius 1 is 1.07 bits per heavy atom. The molecule has 0 saturated heterocycles. The van der Waals surface area contributed by atoms with Gasteiger partial charge in [0.1, 0.15) is 0 Å². The zero-order valence-corrected chi connectivity index (χ0v) is 16.8. The molecular formula is C20H20N2O4S2. The van der Waals surface area contributed by atoms with Crippen molar-refractivity contribution < 1.29 is 17.6 Å². The fourth-order valence-corrected chi connectivity index (χ4v) is 4.23. The lowest BCUT2D eigenvalue weighted by Gasteiger charge is -2.08. The van der Waals surface area contributed by atoms with E-state index >= 15 is 0 Å². The van der Waals surface area contributed by atoms with E-state index in [1.807, 2.05) is 30.3 Å². The highest BCUT2D eigenvalue weighted by Gasteiger charge is 2.16. The monoisotopic (exact) mass is 416 g/mol. The van der Waals surface area contributed by atoms with Crippen LogP contribution in [0.25, 0.3) is 0 Å². The molecule has 0 unspecified atom stereocenters. The topological polar surface area (TPSA) is 88.4 Å². The van der Waals surface area contributed by atoms with Crippen molar-refractivity contribution in [1.82, 2.24) is 10.0 Å². The molecule has 1 heterocycles. The van der Waals surface area contributed by atoms with Crippen LogP contribution in [0.1, 0.15) is 21.7 Å². The highest BCUT2D eigenvalue weighted by atomic mass is 32.2. The molecule has 2 aromatic carbocycles. The first-order valence-electron chi connectivity index (χ1n) is 8.54. The summed E-state index contributed by atoms with van der Waals surface area (Å²) in [5.74, 6) is 0.539. The minimum atomic E-state index is -3.53. The molecule has 0 atom stereocenters. The Bertz CT molecular complexity index is 1050. The summed E-state index contributed by atoms with van der Waals surface area (Å²) in [5, 5.41) is 2.78. The van der Waals surface area contributed by atoms with E-state index in [-0.39, 0.29) is 23.1 Å². The second kappa shape index (κ2) is 9.09. The van der Waals surface area contributed by atoms with Crippen molar-refractivity contribution in [1.29, 1.82) is 0 Å². The van der Waals surface area contributed by atoms with Crippen LogP contribution in [0.5, 0.6) is 0 Å². The first-order valence-corrected chi connectivity index (χ1v) is 11.0. The van der Waals surface area contributed by atoms with Crippen LogP contribution < -0.4 is 10.0 Å². The number of hydrogen-bond acceptors (Lipinski definition) is 5. The van der Waals surface area contributed by atoms with Gasteiger partial charge in [-0.25, -0.2) is 13.1 Å². The van der Waals surface area contributed by atoms with E-state index < -0.39 is 10.0 Å². The van der Waals surface area contributed by atoms with Crippen LogP contribution in [0, 0.1) is 0 Å². The number of amides is 1. The van der Waals surface area contributed by atoms with Crippen LogP contribution in [-0.2, 0) is 22.3 Å². The molecule has 0 bridgehead atoms. The first-order chi connectivity index (χ1) is 13.5. The van der Waals surface area contributed by atoms with Gasteiger partial charge in [-0.2, -0.15) is 0 Å². The van der Waals surface area contributed by atoms with Crippen molar-refractivity contribution in [3.8, 4) is 0 Å². The van der Waals surface area contributed by atoms with Crippen molar-refractivity contribution >= 4 is 27.7 Å². The van der Waals surface area contributed by atoms with Gasteiger partial charge in [0.15, 0.2) is 5.76 Å². The molecule has 0 aliphatic rings. The molecule has 28 heavy (non-hydrogen) atoms. The molecular weight excluding hydrogens is 396 g/mol. The SMILES string of the molecule is CNS(=O)(=O)c1cccc(CNC(=O)c2occc2CSc2ccccc2)c1. The molecule has 0 fully saturated rings. The standard InChI is InChI=1S/C20H20N2O4S2/c1-21-28(24,25)18-9-5-6-15(12-18)13-22-20(23)19-16(10-11-26-19)14-27-17-7-3-2-4-8-17/h2-12,21H,13-14H2,1H3,(H,22,23). The Balaban J connectivity index is 1.63. The number of furan rings is 1. The van der Waals surface area contributed by atoms with Crippen LogP contribution >= 0.6 is 11.8 Å². The molecule has 8 heteroatoms. The zero-order chi connectivity index (χ0) is 20.0. The van der Waals surface area contributed by atoms with E-state index in [2.05, 4.69) is 10.0 Å². The third-order valence-electron chi connectivity index (χ3n) is 4.02. The lowest BCUT2D eigenvalue weighted by atomic mass is 10.2. The van der Waals surface area contributed by atoms with Gasteiger partial charge in [0, 0.05) is 22.8 Å². The number of rotatable bonds is 8. The van der Waals surface area contributed by atoms with Gasteiger partial charge in [-0.15, -0.1) is 11.8 Å². The van der Waals surface area contributed by atoms with Crippen LogP contribution in [0.3, 0.4) is 0 Å². The van der Waals surface area contributed by atoms with Gasteiger partial charge in [0.2, 0.25) is 10.0 Å². The third-order valence-corrected chi connectivity index (χ3v) is 6.49. The van der Waals surface area contributed by atoms with Crippen LogP contribution in [0.4, 0.5) is 0 Å². The fraction of sp³-hybridized carbons (Fsp3) is 0.150. The van der Waals surface area contributed by atoms with Gasteiger partial charge in [0.05, 0.1) is 11.2 Å². The van der Waals surface area contributed by atoms with Crippen LogP contribution in [0.2, 0.25) is 0 Å². The molecule has 1 aromatic heterocycles. The van der Waals surface area contributed by atoms with E-state index in [0.717, 1.165) is 10.5 Å². The molecule has 0 aliphatic carbocycles. The lowest BCUT2D eigenvalue weighted by molar-refractivity contribution is 0.0922. The van der Waals surface area contributed by atoms with E-state index in [0.29, 0.717) is 11.3 Å². The summed E-state index contributed by atoms with van der Waals surface area (Å²) in [6.07, 6.45) is 1.50. The van der Waals surface area contributed by atoms with Gasteiger partial charge in [0.25, 0.3) is 5.91 Å². The predicted molar refractivity (Wildman–Crippen MR) is 109 cm³/mol. The molecule has 3 aromatic rings. The number of thioether (sulfide) groups is 1. The molecule has 0 aliphatic heterocycles. The number of carbonyl (C=O) groups excluding carboxylic acids is 1. The Morgan fingerprint density at radius 3 is 2.61 bits per heavy atom. The number of carbonyl (C=O) groups is 1. The summed E-state index contributed by atoms with van der Waals surface area (Å²) in [5.41, 5.74) is 1.48. The highest BCUT2D eigenvalue weighted by molar-refractivity contribution is 7.98. The molecule has 6 nitrogen and oxygen atoms in total. The Labute approximate surface area is 168 Å². The van der Waals surface area contributed by atoms with Crippen molar-refractivity contribution in [2.24, 2.45) is 0 Å². The molecule has 0 radical (unpaired) electrons. The molecule has 3 rings (SSSR count). The average Bonchev–Trinajstić information content (AvgIpc) is 3.20. The van der Waals surface area contributed by atoms with Crippen molar-refractivity contribution in [3.05, 3.63) is 83.8 Å². The Kier molecular flexibility index (Phi) is 6.56. The number of sulfonamides is 1. The van der Waals surface area contributed by atoms with Gasteiger partial charge in [-0.05, 0) is 42.9 Å². The number of hydrogen-bond donors (Lipinski definition) is 2. The second-order valence-corrected chi connectivity index (χ2v) is 8.85. The molecule has 146 valence electrons. The minimum absolute atomic E-state index is 0.152. The molecule has 2 N–H and O–H groups in total. The average molecular weight is 417 g/mol. The van der Waals surface area contributed by atoms with E-state index in [4.69, 9.17) is 4.42 Å². The normalized spacial score (nSPS) is 11.3. The summed E-state index contributed by atoms with van der Waals surface area (Å²) < 4.78 is 31.4. The summed E-state index contributed by atoms with van der Waals surface area (Å²) in [6.45, 7) is 0.192. The van der Waals surface area contributed by atoms with Gasteiger partial charge < -0.3 is 9.73 Å². The van der Waals surface area contributed by atoms with E-state index in [1.165, 1.54) is 25.4 Å². The quantitative estimate of drug-likeness (QED) is 0.550. The summed E-state index contributed by atoms with van der Waals surface area (Å²) >= 11 is 1.62. The summed E-state index contributed by atoms with van der Waals surface area (Å²) in [4.78, 5) is 13.8. The summed E-state index contributed by atoms with van der Waals surface area (Å²) in [7, 11) is -2.17. The molecule has 0 spiro atoms. The zero-order valence-electron chi connectivity index (χ0n) is 15.2. The van der Waals surface area contributed by atoms with Gasteiger partial charge >= 0.3 is 0 Å². The maximum Gasteiger partial charge on any atom is 0.287 e. The lowest BCUT2D eigenvalue weighted by Crippen LogP contribution is -2.24. The van der Waals surface area contributed by atoms with Crippen LogP contribution in [-0.4, -0.2) is 21.4 Å². The molecule has 0 saturated carbocycles. The Morgan fingerprint density at radius 2 is 1.86 bits per heavy atom.